The summed E-state index contributed by atoms with van der Waals surface area (Å²) in [4.78, 5) is 8.59. The van der Waals surface area contributed by atoms with E-state index in [1.54, 1.807) is 0 Å². The zero-order chi connectivity index (χ0) is 7.66. The van der Waals surface area contributed by atoms with Gasteiger partial charge in [0.05, 0.1) is 0 Å². The Morgan fingerprint density at radius 1 is 1.30 bits per heavy atom. The summed E-state index contributed by atoms with van der Waals surface area (Å²) < 4.78 is 0. The molecule has 62 valence electrons. The van der Waals surface area contributed by atoms with Crippen LogP contribution < -0.4 is 5.32 Å². The van der Waals surface area contributed by atoms with E-state index in [1.807, 2.05) is 0 Å². The predicted octanol–water partition coefficient (Wildman–Crippen LogP) is 0.261. The highest BCUT2D eigenvalue weighted by atomic mass is 28.2. The number of hydrogen-bond donors (Lipinski definition) is 2. The molecule has 0 saturated carbocycles. The topological polar surface area (TPSA) is 32.3 Å². The molecule has 0 heterocycles. The molecule has 0 unspecified atom stereocenters. The summed E-state index contributed by atoms with van der Waals surface area (Å²) >= 11 is 0. The Morgan fingerprint density at radius 3 is 2.70 bits per heavy atom. The average molecular weight is 161 g/mol. The lowest BCUT2D eigenvalue weighted by molar-refractivity contribution is 0.584. The van der Waals surface area contributed by atoms with Crippen LogP contribution in [-0.2, 0) is 0 Å². The van der Waals surface area contributed by atoms with Gasteiger partial charge in [-0.25, -0.2) is 0 Å². The fourth-order valence-corrected chi connectivity index (χ4v) is 1.42. The van der Waals surface area contributed by atoms with Crippen LogP contribution >= 0.6 is 0 Å². The van der Waals surface area contributed by atoms with Crippen molar-refractivity contribution >= 4 is 9.76 Å². The summed E-state index contributed by atoms with van der Waals surface area (Å²) in [6.07, 6.45) is 3.65. The van der Waals surface area contributed by atoms with E-state index in [0.717, 1.165) is 19.1 Å². The van der Waals surface area contributed by atoms with Crippen molar-refractivity contribution in [2.45, 2.75) is 32.2 Å². The zero-order valence-electron chi connectivity index (χ0n) is 6.90. The second-order valence-corrected chi connectivity index (χ2v) is 3.69. The number of nitrogens with one attached hydrogen (secondary N) is 1. The van der Waals surface area contributed by atoms with Crippen LogP contribution in [0.15, 0.2) is 0 Å². The maximum absolute atomic E-state index is 8.59. The van der Waals surface area contributed by atoms with Crippen molar-refractivity contribution in [3.63, 3.8) is 0 Å². The zero-order valence-corrected chi connectivity index (χ0v) is 8.31. The number of rotatable bonds is 7. The SMILES string of the molecule is CCCNCCCC[SiH2]O. The van der Waals surface area contributed by atoms with Gasteiger partial charge in [-0.2, -0.15) is 0 Å². The molecule has 0 aromatic rings. The van der Waals surface area contributed by atoms with Gasteiger partial charge in [-0.15, -0.1) is 0 Å². The third kappa shape index (κ3) is 8.14. The minimum absolute atomic E-state index is 0.653. The molecular weight excluding hydrogens is 142 g/mol. The minimum atomic E-state index is -0.653. The van der Waals surface area contributed by atoms with Gasteiger partial charge in [-0.1, -0.05) is 13.3 Å². The second-order valence-electron chi connectivity index (χ2n) is 2.53. The molecule has 0 amide bonds. The summed E-state index contributed by atoms with van der Waals surface area (Å²) in [5.41, 5.74) is 0. The Labute approximate surface area is 66.0 Å². The summed E-state index contributed by atoms with van der Waals surface area (Å²) in [5, 5.41) is 3.33. The van der Waals surface area contributed by atoms with E-state index in [2.05, 4.69) is 12.2 Å². The normalized spacial score (nSPS) is 11.4. The van der Waals surface area contributed by atoms with Crippen LogP contribution in [0.25, 0.3) is 0 Å². The van der Waals surface area contributed by atoms with E-state index in [4.69, 9.17) is 4.80 Å². The van der Waals surface area contributed by atoms with Crippen LogP contribution in [0, 0.1) is 0 Å². The van der Waals surface area contributed by atoms with Gasteiger partial charge < -0.3 is 10.1 Å². The first-order chi connectivity index (χ1) is 4.91. The molecule has 0 aliphatic rings. The van der Waals surface area contributed by atoms with Gasteiger partial charge in [0, 0.05) is 0 Å². The van der Waals surface area contributed by atoms with Gasteiger partial charge in [0.1, 0.15) is 0 Å². The molecule has 0 aromatic heterocycles. The second kappa shape index (κ2) is 9.14. The highest BCUT2D eigenvalue weighted by molar-refractivity contribution is 6.25. The lowest BCUT2D eigenvalue weighted by Gasteiger charge is -2.00. The molecule has 3 heteroatoms. The largest absolute Gasteiger partial charge is 0.438 e. The van der Waals surface area contributed by atoms with Crippen LogP contribution in [0.1, 0.15) is 26.2 Å². The average Bonchev–Trinajstić information content (AvgIpc) is 1.97. The quantitative estimate of drug-likeness (QED) is 0.415. The van der Waals surface area contributed by atoms with E-state index >= 15 is 0 Å². The van der Waals surface area contributed by atoms with Crippen molar-refractivity contribution in [2.75, 3.05) is 13.1 Å². The predicted molar refractivity (Wildman–Crippen MR) is 48.0 cm³/mol. The van der Waals surface area contributed by atoms with Gasteiger partial charge >= 0.3 is 0 Å². The Morgan fingerprint density at radius 2 is 2.10 bits per heavy atom. The fraction of sp³-hybridized carbons (Fsp3) is 1.00. The Bertz CT molecular complexity index is 53.6. The molecule has 0 fully saturated rings. The van der Waals surface area contributed by atoms with Gasteiger partial charge in [-0.05, 0) is 32.0 Å². The smallest absolute Gasteiger partial charge is 0.156 e. The Hall–Kier alpha value is 0.137. The molecule has 0 spiro atoms. The molecule has 0 atom stereocenters. The van der Waals surface area contributed by atoms with Crippen molar-refractivity contribution in [1.29, 1.82) is 0 Å². The van der Waals surface area contributed by atoms with Crippen molar-refractivity contribution in [3.8, 4) is 0 Å². The monoisotopic (exact) mass is 161 g/mol. The molecule has 0 aromatic carbocycles. The molecule has 2 N–H and O–H groups in total. The highest BCUT2D eigenvalue weighted by Gasteiger charge is 1.87. The van der Waals surface area contributed by atoms with Gasteiger partial charge in [-0.3, -0.25) is 0 Å². The Kier molecular flexibility index (Phi) is 9.26. The number of unbranched alkanes of at least 4 members (excludes halogenated alkanes) is 1. The van der Waals surface area contributed by atoms with Gasteiger partial charge in [0.25, 0.3) is 0 Å². The van der Waals surface area contributed by atoms with Crippen LogP contribution in [0.2, 0.25) is 6.04 Å². The van der Waals surface area contributed by atoms with E-state index < -0.39 is 9.76 Å². The van der Waals surface area contributed by atoms with Gasteiger partial charge in [0.2, 0.25) is 0 Å². The fourth-order valence-electron chi connectivity index (χ4n) is 0.840. The van der Waals surface area contributed by atoms with Crippen molar-refractivity contribution in [2.24, 2.45) is 0 Å². The summed E-state index contributed by atoms with van der Waals surface area (Å²) in [5.74, 6) is 0. The maximum Gasteiger partial charge on any atom is 0.156 e. The van der Waals surface area contributed by atoms with Crippen LogP contribution in [-0.4, -0.2) is 27.6 Å². The van der Waals surface area contributed by atoms with Gasteiger partial charge in [0.15, 0.2) is 9.76 Å². The van der Waals surface area contributed by atoms with E-state index in [9.17, 15) is 0 Å². The summed E-state index contributed by atoms with van der Waals surface area (Å²) in [6.45, 7) is 4.44. The molecule has 0 aliphatic heterocycles. The van der Waals surface area contributed by atoms with E-state index in [0.29, 0.717) is 0 Å². The third-order valence-corrected chi connectivity index (χ3v) is 2.25. The molecule has 2 nitrogen and oxygen atoms in total. The molecule has 0 rings (SSSR count). The van der Waals surface area contributed by atoms with Crippen molar-refractivity contribution < 1.29 is 4.80 Å². The lowest BCUT2D eigenvalue weighted by Crippen LogP contribution is -2.15. The lowest BCUT2D eigenvalue weighted by atomic mass is 10.3. The summed E-state index contributed by atoms with van der Waals surface area (Å²) in [6, 6.07) is 1.09. The number of hydrogen-bond acceptors (Lipinski definition) is 2. The first-order valence-corrected chi connectivity index (χ1v) is 5.86. The molecule has 0 aliphatic carbocycles. The molecule has 0 radical (unpaired) electrons. The van der Waals surface area contributed by atoms with E-state index in [1.165, 1.54) is 19.3 Å². The molecule has 0 saturated heterocycles. The first-order valence-electron chi connectivity index (χ1n) is 4.23. The molecular formula is C7H19NOSi. The van der Waals surface area contributed by atoms with Crippen LogP contribution in [0.5, 0.6) is 0 Å². The molecule has 10 heavy (non-hydrogen) atoms. The minimum Gasteiger partial charge on any atom is -0.438 e. The Balaban J connectivity index is 2.65. The first kappa shape index (κ1) is 10.1. The summed E-state index contributed by atoms with van der Waals surface area (Å²) in [7, 11) is -0.653. The third-order valence-electron chi connectivity index (χ3n) is 1.44. The molecule has 0 bridgehead atoms. The van der Waals surface area contributed by atoms with Crippen molar-refractivity contribution in [1.82, 2.24) is 5.32 Å². The van der Waals surface area contributed by atoms with Crippen molar-refractivity contribution in [3.05, 3.63) is 0 Å². The maximum atomic E-state index is 8.59. The van der Waals surface area contributed by atoms with Crippen LogP contribution in [0.3, 0.4) is 0 Å². The standard InChI is InChI=1S/C7H19NOSi/c1-2-5-8-6-3-4-7-10-9/h8-9H,2-7,10H2,1H3. The highest BCUT2D eigenvalue weighted by Crippen LogP contribution is 1.91. The van der Waals surface area contributed by atoms with Crippen LogP contribution in [0.4, 0.5) is 0 Å². The van der Waals surface area contributed by atoms with E-state index in [-0.39, 0.29) is 0 Å².